The van der Waals surface area contributed by atoms with Crippen LogP contribution in [0.15, 0.2) is 6.07 Å². The molecular formula is C11H21N5O2. The van der Waals surface area contributed by atoms with E-state index in [1.54, 1.807) is 13.2 Å². The Balaban J connectivity index is 2.71. The van der Waals surface area contributed by atoms with Crippen LogP contribution in [0.3, 0.4) is 0 Å². The second-order valence-electron chi connectivity index (χ2n) is 3.84. The van der Waals surface area contributed by atoms with E-state index in [0.717, 1.165) is 0 Å². The van der Waals surface area contributed by atoms with Crippen LogP contribution in [0.1, 0.15) is 19.7 Å². The van der Waals surface area contributed by atoms with E-state index in [1.807, 2.05) is 13.8 Å². The van der Waals surface area contributed by atoms with Crippen LogP contribution in [-0.4, -0.2) is 36.3 Å². The molecule has 0 fully saturated rings. The van der Waals surface area contributed by atoms with E-state index < -0.39 is 0 Å². The second kappa shape index (κ2) is 7.80. The van der Waals surface area contributed by atoms with Gasteiger partial charge in [-0.05, 0) is 13.8 Å². The van der Waals surface area contributed by atoms with Crippen LogP contribution in [0, 0.1) is 0 Å². The molecule has 0 aliphatic carbocycles. The fourth-order valence-corrected chi connectivity index (χ4v) is 1.43. The molecule has 0 saturated heterocycles. The minimum absolute atomic E-state index is 0.154. The Morgan fingerprint density at radius 1 is 1.39 bits per heavy atom. The van der Waals surface area contributed by atoms with Gasteiger partial charge in [-0.3, -0.25) is 0 Å². The van der Waals surface area contributed by atoms with Gasteiger partial charge in [0, 0.05) is 25.8 Å². The smallest absolute Gasteiger partial charge is 0.158 e. The zero-order valence-electron chi connectivity index (χ0n) is 11.1. The normalized spacial score (nSPS) is 12.2. The summed E-state index contributed by atoms with van der Waals surface area (Å²) in [7, 11) is 1.59. The first-order chi connectivity index (χ1) is 8.69. The third-order valence-electron chi connectivity index (χ3n) is 2.16. The van der Waals surface area contributed by atoms with Crippen LogP contribution in [0.5, 0.6) is 0 Å². The van der Waals surface area contributed by atoms with Crippen molar-refractivity contribution in [3.8, 4) is 0 Å². The van der Waals surface area contributed by atoms with Crippen molar-refractivity contribution >= 4 is 11.6 Å². The molecule has 18 heavy (non-hydrogen) atoms. The highest BCUT2D eigenvalue weighted by Crippen LogP contribution is 2.12. The topological polar surface area (TPSA) is 94.3 Å². The molecule has 4 N–H and O–H groups in total. The van der Waals surface area contributed by atoms with Crippen LogP contribution in [0.4, 0.5) is 11.6 Å². The maximum absolute atomic E-state index is 5.36. The summed E-state index contributed by atoms with van der Waals surface area (Å²) in [6, 6.07) is 1.89. The van der Waals surface area contributed by atoms with Crippen molar-refractivity contribution in [2.75, 3.05) is 31.1 Å². The number of anilines is 2. The van der Waals surface area contributed by atoms with Crippen LogP contribution in [-0.2, 0) is 16.1 Å². The lowest BCUT2D eigenvalue weighted by Gasteiger charge is -2.15. The first-order valence-corrected chi connectivity index (χ1v) is 5.87. The third-order valence-corrected chi connectivity index (χ3v) is 2.16. The van der Waals surface area contributed by atoms with Crippen molar-refractivity contribution in [2.24, 2.45) is 5.84 Å². The van der Waals surface area contributed by atoms with E-state index >= 15 is 0 Å². The van der Waals surface area contributed by atoms with Gasteiger partial charge < -0.3 is 20.2 Å². The Morgan fingerprint density at radius 3 is 2.72 bits per heavy atom. The maximum Gasteiger partial charge on any atom is 0.158 e. The Morgan fingerprint density at radius 2 is 2.11 bits per heavy atom. The zero-order valence-corrected chi connectivity index (χ0v) is 11.1. The summed E-state index contributed by atoms with van der Waals surface area (Å²) in [5.74, 6) is 7.17. The van der Waals surface area contributed by atoms with Gasteiger partial charge in [-0.2, -0.15) is 0 Å². The van der Waals surface area contributed by atoms with Gasteiger partial charge in [-0.15, -0.1) is 0 Å². The number of hydrogen-bond donors (Lipinski definition) is 3. The van der Waals surface area contributed by atoms with Gasteiger partial charge in [0.05, 0.1) is 6.61 Å². The van der Waals surface area contributed by atoms with Crippen LogP contribution in [0.2, 0.25) is 0 Å². The van der Waals surface area contributed by atoms with Gasteiger partial charge in [-0.1, -0.05) is 0 Å². The van der Waals surface area contributed by atoms with Gasteiger partial charge in [0.15, 0.2) is 5.82 Å². The van der Waals surface area contributed by atoms with Crippen molar-refractivity contribution in [1.29, 1.82) is 0 Å². The molecule has 0 bridgehead atoms. The summed E-state index contributed by atoms with van der Waals surface area (Å²) in [4.78, 5) is 8.49. The van der Waals surface area contributed by atoms with Crippen LogP contribution in [0.25, 0.3) is 0 Å². The lowest BCUT2D eigenvalue weighted by molar-refractivity contribution is 0.141. The number of rotatable bonds is 8. The summed E-state index contributed by atoms with van der Waals surface area (Å²) in [6.07, 6.45) is 0. The number of aromatic nitrogens is 2. The number of nitrogens with one attached hydrogen (secondary N) is 2. The fourth-order valence-electron chi connectivity index (χ4n) is 1.43. The number of ether oxygens (including phenoxy) is 2. The zero-order chi connectivity index (χ0) is 13.4. The largest absolute Gasteiger partial charge is 0.380 e. The third kappa shape index (κ3) is 4.82. The van der Waals surface area contributed by atoms with Crippen LogP contribution < -0.4 is 16.6 Å². The molecule has 102 valence electrons. The molecule has 1 aromatic heterocycles. The molecule has 1 heterocycles. The molecule has 0 spiro atoms. The van der Waals surface area contributed by atoms with Gasteiger partial charge in [0.1, 0.15) is 18.2 Å². The van der Waals surface area contributed by atoms with E-state index in [0.29, 0.717) is 37.3 Å². The van der Waals surface area contributed by atoms with Gasteiger partial charge in [-0.25, -0.2) is 15.8 Å². The minimum Gasteiger partial charge on any atom is -0.380 e. The average molecular weight is 255 g/mol. The maximum atomic E-state index is 5.36. The summed E-state index contributed by atoms with van der Waals surface area (Å²) in [6.45, 7) is 5.63. The van der Waals surface area contributed by atoms with E-state index in [4.69, 9.17) is 15.3 Å². The van der Waals surface area contributed by atoms with Crippen molar-refractivity contribution in [2.45, 2.75) is 26.5 Å². The molecule has 0 aromatic carbocycles. The summed E-state index contributed by atoms with van der Waals surface area (Å²) >= 11 is 0. The van der Waals surface area contributed by atoms with Gasteiger partial charge in [0.25, 0.3) is 0 Å². The highest BCUT2D eigenvalue weighted by Gasteiger charge is 2.07. The van der Waals surface area contributed by atoms with E-state index in [2.05, 4.69) is 20.7 Å². The van der Waals surface area contributed by atoms with Crippen molar-refractivity contribution in [3.05, 3.63) is 11.9 Å². The average Bonchev–Trinajstić information content (AvgIpc) is 2.36. The summed E-state index contributed by atoms with van der Waals surface area (Å²) in [5.41, 5.74) is 2.50. The first-order valence-electron chi connectivity index (χ1n) is 5.87. The number of nitrogen functional groups attached to an aromatic ring is 1. The Kier molecular flexibility index (Phi) is 6.34. The Hall–Kier alpha value is -1.44. The van der Waals surface area contributed by atoms with Gasteiger partial charge in [0.2, 0.25) is 0 Å². The number of nitrogens with two attached hydrogens (primary N) is 1. The second-order valence-corrected chi connectivity index (χ2v) is 3.84. The molecule has 1 aromatic rings. The highest BCUT2D eigenvalue weighted by molar-refractivity contribution is 5.47. The molecule has 0 amide bonds. The Bertz CT molecular complexity index is 361. The minimum atomic E-state index is 0.154. The molecule has 0 aliphatic rings. The summed E-state index contributed by atoms with van der Waals surface area (Å²) < 4.78 is 10.3. The Labute approximate surface area is 107 Å². The monoisotopic (exact) mass is 255 g/mol. The van der Waals surface area contributed by atoms with Crippen molar-refractivity contribution in [1.82, 2.24) is 9.97 Å². The number of hydrogen-bond acceptors (Lipinski definition) is 7. The van der Waals surface area contributed by atoms with Gasteiger partial charge >= 0.3 is 0 Å². The number of methoxy groups -OCH3 is 1. The lowest BCUT2D eigenvalue weighted by Crippen LogP contribution is -2.23. The predicted octanol–water partition coefficient (Wildman–Crippen LogP) is 0.746. The fraction of sp³-hybridized carbons (Fsp3) is 0.636. The predicted molar refractivity (Wildman–Crippen MR) is 70.1 cm³/mol. The summed E-state index contributed by atoms with van der Waals surface area (Å²) in [5, 5.41) is 3.22. The number of hydrazine groups is 1. The quantitative estimate of drug-likeness (QED) is 0.466. The molecular weight excluding hydrogens is 234 g/mol. The molecule has 7 nitrogen and oxygen atoms in total. The number of nitrogens with zero attached hydrogens (tertiary/aromatic N) is 2. The molecule has 1 atom stereocenters. The molecule has 7 heteroatoms. The van der Waals surface area contributed by atoms with E-state index in [1.165, 1.54) is 0 Å². The molecule has 1 unspecified atom stereocenters. The van der Waals surface area contributed by atoms with Crippen molar-refractivity contribution < 1.29 is 9.47 Å². The first kappa shape index (κ1) is 14.6. The molecule has 0 radical (unpaired) electrons. The van der Waals surface area contributed by atoms with E-state index in [-0.39, 0.29) is 6.04 Å². The molecule has 1 rings (SSSR count). The van der Waals surface area contributed by atoms with Crippen molar-refractivity contribution in [3.63, 3.8) is 0 Å². The highest BCUT2D eigenvalue weighted by atomic mass is 16.5. The standard InChI is InChI=1S/C11H21N5O2/c1-4-18-6-8(2)13-9-5-10(16-12)15-11(14-9)7-17-3/h5,8H,4,6-7,12H2,1-3H3,(H2,13,14,15,16). The van der Waals surface area contributed by atoms with Crippen LogP contribution >= 0.6 is 0 Å². The molecule has 0 saturated carbocycles. The lowest BCUT2D eigenvalue weighted by atomic mass is 10.3. The van der Waals surface area contributed by atoms with E-state index in [9.17, 15) is 0 Å². The molecule has 0 aliphatic heterocycles. The SMILES string of the molecule is CCOCC(C)Nc1cc(NN)nc(COC)n1.